The third-order valence-corrected chi connectivity index (χ3v) is 7.97. The average Bonchev–Trinajstić information content (AvgIpc) is 3.60. The van der Waals surface area contributed by atoms with Gasteiger partial charge in [-0.05, 0) is 30.9 Å². The third-order valence-electron chi connectivity index (χ3n) is 7.97. The molecular weight excluding hydrogens is 458 g/mol. The van der Waals surface area contributed by atoms with E-state index in [9.17, 15) is 19.5 Å². The van der Waals surface area contributed by atoms with Crippen molar-refractivity contribution in [3.05, 3.63) is 76.5 Å². The zero-order chi connectivity index (χ0) is 25.3. The highest BCUT2D eigenvalue weighted by Crippen LogP contribution is 2.51. The minimum Gasteiger partial charge on any atom is -0.387 e. The molecule has 9 heteroatoms. The predicted molar refractivity (Wildman–Crippen MR) is 134 cm³/mol. The predicted octanol–water partition coefficient (Wildman–Crippen LogP) is 2.44. The SMILES string of the molecule is CNC(=O)c1cn(CC2(O)CCN(C(=O)c3ccn[nH]3)CC23CCCC3)c(=O)cc1-c1ccccc1. The van der Waals surface area contributed by atoms with Gasteiger partial charge in [0, 0.05) is 49.6 Å². The molecule has 1 aliphatic heterocycles. The van der Waals surface area contributed by atoms with Crippen LogP contribution >= 0.6 is 0 Å². The number of carbonyl (C=O) groups is 2. The number of pyridine rings is 1. The molecular formula is C27H31N5O4. The summed E-state index contributed by atoms with van der Waals surface area (Å²) < 4.78 is 1.46. The molecule has 1 saturated carbocycles. The Morgan fingerprint density at radius 3 is 2.56 bits per heavy atom. The molecule has 36 heavy (non-hydrogen) atoms. The summed E-state index contributed by atoms with van der Waals surface area (Å²) in [6.45, 7) is 0.854. The van der Waals surface area contributed by atoms with Gasteiger partial charge in [0.05, 0.1) is 17.7 Å². The van der Waals surface area contributed by atoms with Crippen molar-refractivity contribution in [2.45, 2.75) is 44.2 Å². The zero-order valence-electron chi connectivity index (χ0n) is 20.4. The molecule has 9 nitrogen and oxygen atoms in total. The van der Waals surface area contributed by atoms with Crippen molar-refractivity contribution in [1.82, 2.24) is 25.0 Å². The van der Waals surface area contributed by atoms with Crippen LogP contribution in [0.1, 0.15) is 53.0 Å². The molecule has 1 saturated heterocycles. The van der Waals surface area contributed by atoms with E-state index in [0.717, 1.165) is 31.2 Å². The fraction of sp³-hybridized carbons (Fsp3) is 0.407. The lowest BCUT2D eigenvalue weighted by Gasteiger charge is -2.52. The summed E-state index contributed by atoms with van der Waals surface area (Å²) in [5.41, 5.74) is 0.142. The van der Waals surface area contributed by atoms with E-state index in [-0.39, 0.29) is 23.9 Å². The minimum absolute atomic E-state index is 0.0665. The first-order valence-corrected chi connectivity index (χ1v) is 12.4. The molecule has 5 rings (SSSR count). The maximum atomic E-state index is 13.3. The van der Waals surface area contributed by atoms with Crippen molar-refractivity contribution in [3.63, 3.8) is 0 Å². The van der Waals surface area contributed by atoms with Crippen LogP contribution in [0, 0.1) is 5.41 Å². The molecule has 3 N–H and O–H groups in total. The van der Waals surface area contributed by atoms with Gasteiger partial charge in [0.25, 0.3) is 17.4 Å². The summed E-state index contributed by atoms with van der Waals surface area (Å²) in [5, 5.41) is 21.4. The number of likely N-dealkylation sites (tertiary alicyclic amines) is 1. The topological polar surface area (TPSA) is 120 Å². The number of nitrogens with zero attached hydrogens (tertiary/aromatic N) is 3. The Morgan fingerprint density at radius 2 is 1.89 bits per heavy atom. The standard InChI is InChI=1S/C27H31N5O4/c1-28-24(34)21-16-32(23(33)15-20(21)19-7-3-2-4-8-19)18-27(36)12-14-31(17-26(27)10-5-6-11-26)25(35)22-9-13-29-30-22/h2-4,7-9,13,15-16,36H,5-6,10-12,14,17-18H2,1H3,(H,28,34)(H,29,30). The van der Waals surface area contributed by atoms with Crippen molar-refractivity contribution in [1.29, 1.82) is 0 Å². The van der Waals surface area contributed by atoms with Crippen LogP contribution in [0.4, 0.5) is 0 Å². The van der Waals surface area contributed by atoms with E-state index in [2.05, 4.69) is 15.5 Å². The fourth-order valence-corrected chi connectivity index (χ4v) is 5.97. The molecule has 0 radical (unpaired) electrons. The quantitative estimate of drug-likeness (QED) is 0.508. The van der Waals surface area contributed by atoms with Crippen LogP contribution in [-0.2, 0) is 6.54 Å². The number of hydrogen-bond acceptors (Lipinski definition) is 5. The maximum Gasteiger partial charge on any atom is 0.271 e. The number of nitrogens with one attached hydrogen (secondary N) is 2. The lowest BCUT2D eigenvalue weighted by Crippen LogP contribution is -2.62. The summed E-state index contributed by atoms with van der Waals surface area (Å²) in [6, 6.07) is 12.4. The van der Waals surface area contributed by atoms with Crippen LogP contribution in [0.3, 0.4) is 0 Å². The summed E-state index contributed by atoms with van der Waals surface area (Å²) >= 11 is 0. The zero-order valence-corrected chi connectivity index (χ0v) is 20.4. The van der Waals surface area contributed by atoms with E-state index in [0.29, 0.717) is 36.3 Å². The van der Waals surface area contributed by atoms with E-state index in [1.54, 1.807) is 30.4 Å². The van der Waals surface area contributed by atoms with Crippen molar-refractivity contribution in [2.75, 3.05) is 20.1 Å². The molecule has 1 aromatic carbocycles. The summed E-state index contributed by atoms with van der Waals surface area (Å²) in [6.07, 6.45) is 6.92. The molecule has 3 heterocycles. The Kier molecular flexibility index (Phi) is 6.26. The lowest BCUT2D eigenvalue weighted by atomic mass is 9.65. The second-order valence-electron chi connectivity index (χ2n) is 9.98. The third kappa shape index (κ3) is 4.13. The van der Waals surface area contributed by atoms with E-state index in [1.807, 2.05) is 30.3 Å². The normalized spacial score (nSPS) is 21.0. The van der Waals surface area contributed by atoms with Gasteiger partial charge in [-0.15, -0.1) is 0 Å². The number of piperidine rings is 1. The Labute approximate surface area is 209 Å². The number of H-pyrrole nitrogens is 1. The average molecular weight is 490 g/mol. The first kappa shape index (κ1) is 24.0. The van der Waals surface area contributed by atoms with Gasteiger partial charge in [0.2, 0.25) is 0 Å². The van der Waals surface area contributed by atoms with Gasteiger partial charge in [0.15, 0.2) is 0 Å². The van der Waals surface area contributed by atoms with Gasteiger partial charge >= 0.3 is 0 Å². The Bertz CT molecular complexity index is 1310. The van der Waals surface area contributed by atoms with Crippen molar-refractivity contribution in [2.24, 2.45) is 5.41 Å². The van der Waals surface area contributed by atoms with Crippen molar-refractivity contribution >= 4 is 11.8 Å². The highest BCUT2D eigenvalue weighted by atomic mass is 16.3. The number of carbonyl (C=O) groups excluding carboxylic acids is 2. The minimum atomic E-state index is -1.19. The molecule has 1 atom stereocenters. The van der Waals surface area contributed by atoms with E-state index < -0.39 is 11.0 Å². The Morgan fingerprint density at radius 1 is 1.14 bits per heavy atom. The highest BCUT2D eigenvalue weighted by Gasteiger charge is 2.55. The first-order chi connectivity index (χ1) is 17.4. The fourth-order valence-electron chi connectivity index (χ4n) is 5.97. The molecule has 1 spiro atoms. The van der Waals surface area contributed by atoms with Gasteiger partial charge in [-0.1, -0.05) is 43.2 Å². The molecule has 2 aliphatic rings. The number of aromatic nitrogens is 3. The molecule has 3 aromatic rings. The number of hydrogen-bond donors (Lipinski definition) is 3. The number of benzene rings is 1. The summed E-state index contributed by atoms with van der Waals surface area (Å²) in [7, 11) is 1.56. The Hall–Kier alpha value is -3.72. The van der Waals surface area contributed by atoms with Crippen molar-refractivity contribution < 1.29 is 14.7 Å². The van der Waals surface area contributed by atoms with Crippen LogP contribution in [0.15, 0.2) is 59.7 Å². The van der Waals surface area contributed by atoms with E-state index >= 15 is 0 Å². The number of aliphatic hydroxyl groups is 1. The van der Waals surface area contributed by atoms with Crippen LogP contribution in [-0.4, -0.2) is 62.3 Å². The highest BCUT2D eigenvalue weighted by molar-refractivity contribution is 6.00. The second kappa shape index (κ2) is 9.39. The molecule has 0 bridgehead atoms. The van der Waals surface area contributed by atoms with E-state index in [4.69, 9.17) is 0 Å². The smallest absolute Gasteiger partial charge is 0.271 e. The Balaban J connectivity index is 1.49. The van der Waals surface area contributed by atoms with Crippen LogP contribution in [0.5, 0.6) is 0 Å². The van der Waals surface area contributed by atoms with Gasteiger partial charge in [-0.2, -0.15) is 5.10 Å². The van der Waals surface area contributed by atoms with Crippen LogP contribution in [0.2, 0.25) is 0 Å². The number of aromatic amines is 1. The first-order valence-electron chi connectivity index (χ1n) is 12.4. The number of amides is 2. The lowest BCUT2D eigenvalue weighted by molar-refractivity contribution is -0.135. The molecule has 188 valence electrons. The van der Waals surface area contributed by atoms with Gasteiger partial charge in [-0.3, -0.25) is 19.5 Å². The largest absolute Gasteiger partial charge is 0.387 e. The summed E-state index contributed by atoms with van der Waals surface area (Å²) in [5.74, 6) is -0.433. The van der Waals surface area contributed by atoms with Crippen LogP contribution in [0.25, 0.3) is 11.1 Å². The van der Waals surface area contributed by atoms with Gasteiger partial charge in [-0.25, -0.2) is 0 Å². The molecule has 1 unspecified atom stereocenters. The summed E-state index contributed by atoms with van der Waals surface area (Å²) in [4.78, 5) is 40.9. The molecule has 2 amide bonds. The van der Waals surface area contributed by atoms with Crippen LogP contribution < -0.4 is 10.9 Å². The van der Waals surface area contributed by atoms with Gasteiger partial charge < -0.3 is 19.9 Å². The second-order valence-corrected chi connectivity index (χ2v) is 9.98. The molecule has 1 aliphatic carbocycles. The van der Waals surface area contributed by atoms with E-state index in [1.165, 1.54) is 10.6 Å². The molecule has 2 fully saturated rings. The van der Waals surface area contributed by atoms with Crippen molar-refractivity contribution in [3.8, 4) is 11.1 Å². The monoisotopic (exact) mass is 489 g/mol. The number of rotatable bonds is 5. The maximum absolute atomic E-state index is 13.3. The molecule has 2 aromatic heterocycles. The van der Waals surface area contributed by atoms with Gasteiger partial charge in [0.1, 0.15) is 5.69 Å².